The Balaban J connectivity index is 0.000000266. The second kappa shape index (κ2) is 10.8. The van der Waals surface area contributed by atoms with Crippen molar-refractivity contribution in [2.75, 3.05) is 26.4 Å². The lowest BCUT2D eigenvalue weighted by atomic mass is 9.57. The fourth-order valence-electron chi connectivity index (χ4n) is 4.56. The zero-order valence-electron chi connectivity index (χ0n) is 20.8. The summed E-state index contributed by atoms with van der Waals surface area (Å²) in [5.74, 6) is -0.125. The Hall–Kier alpha value is -2.86. The van der Waals surface area contributed by atoms with Gasteiger partial charge in [0.05, 0.1) is 26.4 Å². The molecule has 0 aromatic heterocycles. The van der Waals surface area contributed by atoms with Crippen LogP contribution in [0.3, 0.4) is 0 Å². The van der Waals surface area contributed by atoms with Gasteiger partial charge in [-0.2, -0.15) is 0 Å². The number of rotatable bonds is 9. The first-order chi connectivity index (χ1) is 16.8. The highest BCUT2D eigenvalue weighted by molar-refractivity contribution is 5.53. The molecule has 35 heavy (non-hydrogen) atoms. The van der Waals surface area contributed by atoms with E-state index in [0.29, 0.717) is 12.2 Å². The first-order valence-corrected chi connectivity index (χ1v) is 12.2. The van der Waals surface area contributed by atoms with Crippen LogP contribution in [-0.4, -0.2) is 48.8 Å². The second-order valence-electron chi connectivity index (χ2n) is 10.2. The van der Waals surface area contributed by atoms with Crippen LogP contribution in [0.2, 0.25) is 0 Å². The minimum atomic E-state index is -0.493. The molecule has 3 atom stereocenters. The van der Waals surface area contributed by atoms with Gasteiger partial charge in [0.2, 0.25) is 0 Å². The number of aromatic hydroxyl groups is 2. The molecular formula is C30H36O5. The van der Waals surface area contributed by atoms with Gasteiger partial charge in [0, 0.05) is 11.0 Å². The summed E-state index contributed by atoms with van der Waals surface area (Å²) in [6.07, 6.45) is 1.63. The average molecular weight is 477 g/mol. The van der Waals surface area contributed by atoms with Crippen LogP contribution >= 0.6 is 0 Å². The van der Waals surface area contributed by atoms with Gasteiger partial charge in [0.15, 0.2) is 11.5 Å². The highest BCUT2D eigenvalue weighted by atomic mass is 16.6. The van der Waals surface area contributed by atoms with Crippen molar-refractivity contribution in [3.05, 3.63) is 95.6 Å². The van der Waals surface area contributed by atoms with E-state index in [1.165, 1.54) is 11.6 Å². The van der Waals surface area contributed by atoms with Crippen molar-refractivity contribution >= 4 is 0 Å². The van der Waals surface area contributed by atoms with Gasteiger partial charge in [-0.25, -0.2) is 0 Å². The number of ether oxygens (including phenoxy) is 3. The Bertz CT molecular complexity index is 1060. The summed E-state index contributed by atoms with van der Waals surface area (Å²) in [4.78, 5) is 0. The summed E-state index contributed by atoms with van der Waals surface area (Å²) in [6, 6.07) is 25.8. The fraction of sp³-hybridized carbons (Fsp3) is 0.400. The van der Waals surface area contributed by atoms with Crippen LogP contribution in [0.15, 0.2) is 78.9 Å². The Labute approximate surface area is 208 Å². The van der Waals surface area contributed by atoms with E-state index in [9.17, 15) is 10.2 Å². The van der Waals surface area contributed by atoms with Crippen LogP contribution in [0, 0.1) is 5.41 Å². The topological polar surface area (TPSA) is 74.8 Å². The molecule has 3 aromatic carbocycles. The molecule has 2 N–H and O–H groups in total. The molecule has 2 aliphatic rings. The number of phenols is 2. The molecule has 2 fully saturated rings. The molecule has 5 heteroatoms. The van der Waals surface area contributed by atoms with Crippen molar-refractivity contribution in [1.82, 2.24) is 0 Å². The second-order valence-corrected chi connectivity index (χ2v) is 10.2. The Morgan fingerprint density at radius 2 is 1.31 bits per heavy atom. The van der Waals surface area contributed by atoms with Crippen molar-refractivity contribution < 1.29 is 24.4 Å². The van der Waals surface area contributed by atoms with Crippen molar-refractivity contribution in [2.45, 2.75) is 44.8 Å². The zero-order chi connectivity index (χ0) is 24.9. The summed E-state index contributed by atoms with van der Waals surface area (Å²) in [7, 11) is 0. The Morgan fingerprint density at radius 1 is 0.771 bits per heavy atom. The van der Waals surface area contributed by atoms with Crippen LogP contribution in [0.1, 0.15) is 37.5 Å². The zero-order valence-corrected chi connectivity index (χ0v) is 20.8. The van der Waals surface area contributed by atoms with Crippen LogP contribution < -0.4 is 0 Å². The monoisotopic (exact) mass is 476 g/mol. The summed E-state index contributed by atoms with van der Waals surface area (Å²) >= 11 is 0. The molecular weight excluding hydrogens is 440 g/mol. The summed E-state index contributed by atoms with van der Waals surface area (Å²) in [5, 5.41) is 20.8. The van der Waals surface area contributed by atoms with E-state index >= 15 is 0 Å². The summed E-state index contributed by atoms with van der Waals surface area (Å²) in [5.41, 5.74) is 2.39. The van der Waals surface area contributed by atoms with Gasteiger partial charge < -0.3 is 24.4 Å². The van der Waals surface area contributed by atoms with Gasteiger partial charge >= 0.3 is 0 Å². The van der Waals surface area contributed by atoms with Crippen molar-refractivity contribution in [3.63, 3.8) is 0 Å². The van der Waals surface area contributed by atoms with E-state index in [0.717, 1.165) is 44.0 Å². The maximum absolute atomic E-state index is 10.7. The lowest BCUT2D eigenvalue weighted by Gasteiger charge is -2.46. The van der Waals surface area contributed by atoms with E-state index in [-0.39, 0.29) is 16.9 Å². The number of epoxide rings is 2. The van der Waals surface area contributed by atoms with Crippen molar-refractivity contribution in [2.24, 2.45) is 5.41 Å². The molecule has 5 nitrogen and oxygen atoms in total. The largest absolute Gasteiger partial charge is 0.504 e. The molecule has 2 heterocycles. The van der Waals surface area contributed by atoms with Gasteiger partial charge in [-0.15, -0.1) is 0 Å². The standard InChI is InChI=1S/C24H26O2.C6H10O3/c1-23(2,17-18-11-6-4-7-12-18)24(3,19-13-8-5-9-14-19)20-15-10-16-21(25)22(20)26;1(5-3-8-5)7-2-6-4-9-6/h4-16,25-26H,17H2,1-3H3;5-6H,1-4H2. The molecule has 5 rings (SSSR count). The first kappa shape index (κ1) is 25.2. The first-order valence-electron chi connectivity index (χ1n) is 12.2. The number of phenolic OH excluding ortho intramolecular Hbond substituents is 2. The quantitative estimate of drug-likeness (QED) is 0.316. The van der Waals surface area contributed by atoms with Crippen LogP contribution in [0.4, 0.5) is 0 Å². The number of hydrogen-bond acceptors (Lipinski definition) is 5. The summed E-state index contributed by atoms with van der Waals surface area (Å²) < 4.78 is 15.1. The number of hydrogen-bond donors (Lipinski definition) is 2. The minimum absolute atomic E-state index is 0.0417. The van der Waals surface area contributed by atoms with Gasteiger partial charge in [-0.1, -0.05) is 93.6 Å². The van der Waals surface area contributed by atoms with Crippen LogP contribution in [0.5, 0.6) is 11.5 Å². The molecule has 3 unspecified atom stereocenters. The fourth-order valence-corrected chi connectivity index (χ4v) is 4.56. The predicted octanol–water partition coefficient (Wildman–Crippen LogP) is 5.47. The molecule has 0 saturated carbocycles. The molecule has 0 spiro atoms. The highest BCUT2D eigenvalue weighted by Crippen LogP contribution is 2.52. The Kier molecular flexibility index (Phi) is 7.80. The smallest absolute Gasteiger partial charge is 0.161 e. The lowest BCUT2D eigenvalue weighted by molar-refractivity contribution is 0.102. The highest BCUT2D eigenvalue weighted by Gasteiger charge is 2.45. The van der Waals surface area contributed by atoms with E-state index in [1.54, 1.807) is 6.07 Å². The maximum Gasteiger partial charge on any atom is 0.161 e. The third kappa shape index (κ3) is 6.23. The SMILES string of the molecule is C(OCC1CO1)C1CO1.CC(C)(Cc1ccccc1)C(C)(c1ccccc1)c1cccc(O)c1O. The number of para-hydroxylation sites is 1. The van der Waals surface area contributed by atoms with Crippen molar-refractivity contribution in [1.29, 1.82) is 0 Å². The maximum atomic E-state index is 10.7. The normalized spacial score (nSPS) is 20.3. The Morgan fingerprint density at radius 3 is 1.86 bits per heavy atom. The third-order valence-electron chi connectivity index (χ3n) is 7.16. The van der Waals surface area contributed by atoms with Crippen molar-refractivity contribution in [3.8, 4) is 11.5 Å². The van der Waals surface area contributed by atoms with E-state index in [1.807, 2.05) is 30.3 Å². The molecule has 2 aliphatic heterocycles. The van der Waals surface area contributed by atoms with E-state index in [4.69, 9.17) is 14.2 Å². The molecule has 186 valence electrons. The molecule has 0 radical (unpaired) electrons. The molecule has 2 saturated heterocycles. The molecule has 0 amide bonds. The van der Waals surface area contributed by atoms with E-state index < -0.39 is 5.41 Å². The number of benzene rings is 3. The molecule has 0 bridgehead atoms. The van der Waals surface area contributed by atoms with Gasteiger partial charge in [-0.05, 0) is 29.0 Å². The summed E-state index contributed by atoms with van der Waals surface area (Å²) in [6.45, 7) is 9.85. The van der Waals surface area contributed by atoms with Crippen LogP contribution in [0.25, 0.3) is 0 Å². The molecule has 3 aromatic rings. The van der Waals surface area contributed by atoms with Gasteiger partial charge in [0.1, 0.15) is 12.2 Å². The van der Waals surface area contributed by atoms with Gasteiger partial charge in [0.25, 0.3) is 0 Å². The van der Waals surface area contributed by atoms with Gasteiger partial charge in [-0.3, -0.25) is 0 Å². The van der Waals surface area contributed by atoms with E-state index in [2.05, 4.69) is 57.2 Å². The minimum Gasteiger partial charge on any atom is -0.504 e. The predicted molar refractivity (Wildman–Crippen MR) is 137 cm³/mol. The molecule has 0 aliphatic carbocycles. The lowest BCUT2D eigenvalue weighted by Crippen LogP contribution is -2.42. The average Bonchev–Trinajstić information content (AvgIpc) is 3.78. The van der Waals surface area contributed by atoms with Crippen LogP contribution in [-0.2, 0) is 26.0 Å². The third-order valence-corrected chi connectivity index (χ3v) is 7.16.